The average molecular weight is 575 g/mol. The van der Waals surface area contributed by atoms with Crippen molar-refractivity contribution >= 4 is 23.5 Å². The first-order chi connectivity index (χ1) is 16.8. The van der Waals surface area contributed by atoms with Gasteiger partial charge in [0.2, 0.25) is 0 Å². The average Bonchev–Trinajstić information content (AvgIpc) is 2.79. The Hall–Kier alpha value is 0.546. The van der Waals surface area contributed by atoms with Crippen molar-refractivity contribution in [2.45, 2.75) is 67.0 Å². The second kappa shape index (κ2) is 37.7. The molecule has 36 heavy (non-hydrogen) atoms. The van der Waals surface area contributed by atoms with E-state index in [1.807, 2.05) is 27.7 Å². The fourth-order valence-electron chi connectivity index (χ4n) is 1.65. The molecule has 0 aromatic heterocycles. The molecule has 0 aliphatic rings. The number of hydrogen-bond donors (Lipinski definition) is 0. The molecular weight excluding hydrogens is 531 g/mol. The van der Waals surface area contributed by atoms with Crippen LogP contribution in [0.4, 0.5) is 0 Å². The number of aliphatic carboxylic acids is 1. The third kappa shape index (κ3) is 44.5. The van der Waals surface area contributed by atoms with Crippen LogP contribution in [0.5, 0.6) is 0 Å². The molecule has 0 bridgehead atoms. The fourth-order valence-corrected chi connectivity index (χ4v) is 1.83. The van der Waals surface area contributed by atoms with Gasteiger partial charge in [-0.05, 0) is 34.6 Å². The molecule has 14 heteroatoms. The predicted molar refractivity (Wildman–Crippen MR) is 125 cm³/mol. The first-order valence-corrected chi connectivity index (χ1v) is 12.0. The number of carbonyl (C=O) groups excluding carboxylic acids is 2. The van der Waals surface area contributed by atoms with Gasteiger partial charge in [0.05, 0.1) is 6.61 Å². The Bertz CT molecular complexity index is 425. The topological polar surface area (TPSA) is 140 Å². The Morgan fingerprint density at radius 1 is 0.694 bits per heavy atom. The van der Waals surface area contributed by atoms with Crippen molar-refractivity contribution in [2.75, 3.05) is 66.1 Å². The van der Waals surface area contributed by atoms with E-state index >= 15 is 0 Å². The van der Waals surface area contributed by atoms with Gasteiger partial charge in [-0.15, -0.1) is 11.6 Å². The van der Waals surface area contributed by atoms with Crippen molar-refractivity contribution in [1.29, 1.82) is 0 Å². The third-order valence-electron chi connectivity index (χ3n) is 3.17. The molecule has 0 unspecified atom stereocenters. The summed E-state index contributed by atoms with van der Waals surface area (Å²) in [7, 11) is 0. The van der Waals surface area contributed by atoms with E-state index in [-0.39, 0.29) is 97.4 Å². The summed E-state index contributed by atoms with van der Waals surface area (Å²) in [5.41, 5.74) is 0. The summed E-state index contributed by atoms with van der Waals surface area (Å²) in [6.07, 6.45) is 0.236. The SMILES string of the molecule is CC(=O)[O-].CCOCOC(CCCl)OCOCC.CCOCOC(CCOC(C)=O)OCOCC.[K+]. The van der Waals surface area contributed by atoms with Crippen molar-refractivity contribution in [3.8, 4) is 0 Å². The van der Waals surface area contributed by atoms with E-state index in [9.17, 15) is 4.79 Å². The molecule has 0 spiro atoms. The molecule has 0 aliphatic carbocycles. The minimum absolute atomic E-state index is 0. The second-order valence-corrected chi connectivity index (χ2v) is 6.44. The van der Waals surface area contributed by atoms with E-state index < -0.39 is 12.3 Å². The van der Waals surface area contributed by atoms with Gasteiger partial charge in [-0.1, -0.05) is 0 Å². The number of alkyl halides is 1. The number of carboxylic acids is 1. The molecule has 12 nitrogen and oxygen atoms in total. The van der Waals surface area contributed by atoms with Gasteiger partial charge in [0.1, 0.15) is 27.2 Å². The fraction of sp³-hybridized carbons (Fsp3) is 0.909. The Kier molecular flexibility index (Phi) is 45.6. The van der Waals surface area contributed by atoms with Gasteiger partial charge in [-0.3, -0.25) is 4.79 Å². The maximum atomic E-state index is 10.6. The van der Waals surface area contributed by atoms with Gasteiger partial charge in [-0.2, -0.15) is 0 Å². The summed E-state index contributed by atoms with van der Waals surface area (Å²) in [5.74, 6) is -0.915. The molecular formula is C22H44ClKO12. The Balaban J connectivity index is -0.000000244. The number of ether oxygens (including phenoxy) is 9. The molecule has 0 saturated heterocycles. The van der Waals surface area contributed by atoms with Crippen LogP contribution in [0.25, 0.3) is 0 Å². The van der Waals surface area contributed by atoms with Crippen LogP contribution in [0.15, 0.2) is 0 Å². The molecule has 0 heterocycles. The smallest absolute Gasteiger partial charge is 0.550 e. The molecule has 0 radical (unpaired) electrons. The quantitative estimate of drug-likeness (QED) is 0.0546. The first-order valence-electron chi connectivity index (χ1n) is 11.4. The largest absolute Gasteiger partial charge is 1.00 e. The third-order valence-corrected chi connectivity index (χ3v) is 3.39. The first kappa shape index (κ1) is 43.6. The second-order valence-electron chi connectivity index (χ2n) is 6.07. The monoisotopic (exact) mass is 574 g/mol. The molecule has 0 aromatic rings. The number of carboxylic acid groups (broad SMARTS) is 1. The summed E-state index contributed by atoms with van der Waals surface area (Å²) < 4.78 is 46.1. The summed E-state index contributed by atoms with van der Waals surface area (Å²) in [4.78, 5) is 19.5. The summed E-state index contributed by atoms with van der Waals surface area (Å²) in [5, 5.41) is 8.89. The zero-order valence-electron chi connectivity index (χ0n) is 22.9. The molecule has 0 rings (SSSR count). The van der Waals surface area contributed by atoms with Gasteiger partial charge in [0.15, 0.2) is 12.6 Å². The summed E-state index contributed by atoms with van der Waals surface area (Å²) in [6.45, 7) is 13.3. The van der Waals surface area contributed by atoms with Crippen LogP contribution in [0.2, 0.25) is 0 Å². The zero-order chi connectivity index (χ0) is 27.2. The maximum Gasteiger partial charge on any atom is 1.00 e. The van der Waals surface area contributed by atoms with Crippen molar-refractivity contribution in [2.24, 2.45) is 0 Å². The molecule has 0 atom stereocenters. The summed E-state index contributed by atoms with van der Waals surface area (Å²) >= 11 is 5.58. The molecule has 0 amide bonds. The Morgan fingerprint density at radius 3 is 1.25 bits per heavy atom. The van der Waals surface area contributed by atoms with Gasteiger partial charge in [0, 0.05) is 58.0 Å². The van der Waals surface area contributed by atoms with Crippen molar-refractivity contribution in [3.63, 3.8) is 0 Å². The van der Waals surface area contributed by atoms with Crippen LogP contribution in [-0.2, 0) is 52.2 Å². The van der Waals surface area contributed by atoms with Crippen LogP contribution in [0, 0.1) is 0 Å². The normalized spacial score (nSPS) is 10.1. The Labute approximate surface area is 263 Å². The molecule has 212 valence electrons. The molecule has 0 saturated carbocycles. The Morgan fingerprint density at radius 2 is 1.00 bits per heavy atom. The van der Waals surface area contributed by atoms with Gasteiger partial charge in [0.25, 0.3) is 0 Å². The van der Waals surface area contributed by atoms with Crippen molar-refractivity contribution < 1.29 is 109 Å². The molecule has 0 aromatic carbocycles. The zero-order valence-corrected chi connectivity index (χ0v) is 26.8. The number of esters is 1. The standard InChI is InChI=1S/C11H22O6.C9H19ClO4.C2H4O2.K/c1-4-13-8-16-11(17-9-14-5-2)6-7-15-10(3)12;1-3-11-7-13-9(5-6-10)14-8-12-4-2;1-2(3)4;/h11H,4-9H2,1-3H3;9H,3-8H2,1-2H3;1H3,(H,3,4);/q;;;+1/p-1. The van der Waals surface area contributed by atoms with Crippen LogP contribution in [0.1, 0.15) is 54.4 Å². The molecule has 0 fully saturated rings. The summed E-state index contributed by atoms with van der Waals surface area (Å²) in [6, 6.07) is 0. The maximum absolute atomic E-state index is 10.6. The van der Waals surface area contributed by atoms with E-state index in [4.69, 9.17) is 64.1 Å². The number of rotatable bonds is 21. The van der Waals surface area contributed by atoms with Gasteiger partial charge < -0.3 is 52.5 Å². The van der Waals surface area contributed by atoms with Gasteiger partial charge >= 0.3 is 57.4 Å². The predicted octanol–water partition coefficient (Wildman–Crippen LogP) is -0.990. The minimum atomic E-state index is -1.08. The van der Waals surface area contributed by atoms with Crippen molar-refractivity contribution in [1.82, 2.24) is 0 Å². The van der Waals surface area contributed by atoms with E-state index in [1.54, 1.807) is 0 Å². The van der Waals surface area contributed by atoms with E-state index in [0.717, 1.165) is 6.92 Å². The number of carbonyl (C=O) groups is 2. The van der Waals surface area contributed by atoms with E-state index in [0.29, 0.717) is 45.1 Å². The van der Waals surface area contributed by atoms with Crippen LogP contribution in [-0.4, -0.2) is 90.6 Å². The van der Waals surface area contributed by atoms with Crippen LogP contribution in [0.3, 0.4) is 0 Å². The van der Waals surface area contributed by atoms with Crippen LogP contribution >= 0.6 is 11.6 Å². The van der Waals surface area contributed by atoms with Crippen LogP contribution < -0.4 is 56.5 Å². The molecule has 0 N–H and O–H groups in total. The number of hydrogen-bond acceptors (Lipinski definition) is 12. The minimum Gasteiger partial charge on any atom is -0.550 e. The van der Waals surface area contributed by atoms with E-state index in [1.165, 1.54) is 6.92 Å². The van der Waals surface area contributed by atoms with Crippen molar-refractivity contribution in [3.05, 3.63) is 0 Å². The van der Waals surface area contributed by atoms with E-state index in [2.05, 4.69) is 0 Å². The molecule has 0 aliphatic heterocycles. The number of halogens is 1. The van der Waals surface area contributed by atoms with Gasteiger partial charge in [-0.25, -0.2) is 0 Å².